The SMILES string of the molecule is COc1ccc2nccc(C(O)CN3CCN(CC4CN(c5cccc(F)c5)C(=O)O4)CC3)c2c1. The maximum absolute atomic E-state index is 13.5. The highest BCUT2D eigenvalue weighted by Crippen LogP contribution is 2.28. The summed E-state index contributed by atoms with van der Waals surface area (Å²) in [4.78, 5) is 22.7. The minimum Gasteiger partial charge on any atom is -0.497 e. The number of β-amino-alcohol motifs (C(OH)–C–C–N with tert-alkyl or cyclic N) is 1. The summed E-state index contributed by atoms with van der Waals surface area (Å²) in [6.07, 6.45) is 0.376. The highest BCUT2D eigenvalue weighted by Gasteiger charge is 2.34. The summed E-state index contributed by atoms with van der Waals surface area (Å²) in [6, 6.07) is 13.5. The van der Waals surface area contributed by atoms with Crippen molar-refractivity contribution in [1.29, 1.82) is 0 Å². The van der Waals surface area contributed by atoms with Gasteiger partial charge in [-0.1, -0.05) is 6.07 Å². The van der Waals surface area contributed by atoms with E-state index in [-0.39, 0.29) is 11.9 Å². The van der Waals surface area contributed by atoms with E-state index in [1.165, 1.54) is 17.0 Å². The van der Waals surface area contributed by atoms with Crippen LogP contribution < -0.4 is 9.64 Å². The summed E-state index contributed by atoms with van der Waals surface area (Å²) >= 11 is 0. The van der Waals surface area contributed by atoms with Gasteiger partial charge in [0.2, 0.25) is 0 Å². The minimum absolute atomic E-state index is 0.263. The highest BCUT2D eigenvalue weighted by molar-refractivity contribution is 5.89. The Morgan fingerprint density at radius 2 is 1.94 bits per heavy atom. The van der Waals surface area contributed by atoms with Crippen molar-refractivity contribution >= 4 is 22.7 Å². The van der Waals surface area contributed by atoms with E-state index in [1.54, 1.807) is 25.4 Å². The monoisotopic (exact) mass is 480 g/mol. The average Bonchev–Trinajstić information content (AvgIpc) is 3.24. The van der Waals surface area contributed by atoms with Crippen LogP contribution >= 0.6 is 0 Å². The molecule has 0 radical (unpaired) electrons. The zero-order valence-electron chi connectivity index (χ0n) is 19.6. The fourth-order valence-corrected chi connectivity index (χ4v) is 4.82. The third kappa shape index (κ3) is 5.22. The van der Waals surface area contributed by atoms with Crippen LogP contribution in [0.3, 0.4) is 0 Å². The molecule has 1 amide bonds. The summed E-state index contributed by atoms with van der Waals surface area (Å²) in [5, 5.41) is 11.9. The average molecular weight is 481 g/mol. The van der Waals surface area contributed by atoms with Crippen LogP contribution in [0.5, 0.6) is 5.75 Å². The van der Waals surface area contributed by atoms with Crippen molar-refractivity contribution in [3.63, 3.8) is 0 Å². The number of halogens is 1. The molecule has 2 saturated heterocycles. The second kappa shape index (κ2) is 10.2. The fraction of sp³-hybridized carbons (Fsp3) is 0.385. The summed E-state index contributed by atoms with van der Waals surface area (Å²) in [7, 11) is 1.62. The van der Waals surface area contributed by atoms with Gasteiger partial charge in [0.1, 0.15) is 17.7 Å². The van der Waals surface area contributed by atoms with Crippen LogP contribution in [0.15, 0.2) is 54.7 Å². The molecule has 2 aliphatic heterocycles. The Hall–Kier alpha value is -3.27. The van der Waals surface area contributed by atoms with Gasteiger partial charge in [-0.15, -0.1) is 0 Å². The van der Waals surface area contributed by atoms with Crippen molar-refractivity contribution < 1.29 is 23.8 Å². The zero-order valence-corrected chi connectivity index (χ0v) is 19.6. The molecule has 0 spiro atoms. The van der Waals surface area contributed by atoms with Gasteiger partial charge in [0.05, 0.1) is 31.0 Å². The molecule has 2 aromatic carbocycles. The molecule has 1 N–H and O–H groups in total. The minimum atomic E-state index is -0.644. The van der Waals surface area contributed by atoms with Crippen LogP contribution in [-0.4, -0.2) is 85.0 Å². The van der Waals surface area contributed by atoms with Crippen LogP contribution in [0.1, 0.15) is 11.7 Å². The quantitative estimate of drug-likeness (QED) is 0.557. The summed E-state index contributed by atoms with van der Waals surface area (Å²) in [5.41, 5.74) is 2.18. The van der Waals surface area contributed by atoms with Gasteiger partial charge in [-0.2, -0.15) is 0 Å². The predicted molar refractivity (Wildman–Crippen MR) is 130 cm³/mol. The number of carbonyl (C=O) groups excluding carboxylic acids is 1. The number of carbonyl (C=O) groups is 1. The Bertz CT molecular complexity index is 1200. The Morgan fingerprint density at radius 1 is 1.14 bits per heavy atom. The Morgan fingerprint density at radius 3 is 2.71 bits per heavy atom. The number of benzene rings is 2. The van der Waals surface area contributed by atoms with Crippen LogP contribution in [0.4, 0.5) is 14.9 Å². The first-order chi connectivity index (χ1) is 17.0. The first-order valence-corrected chi connectivity index (χ1v) is 11.8. The van der Waals surface area contributed by atoms with Crippen LogP contribution in [0, 0.1) is 5.82 Å². The van der Waals surface area contributed by atoms with E-state index in [9.17, 15) is 14.3 Å². The van der Waals surface area contributed by atoms with Gasteiger partial charge in [0.25, 0.3) is 0 Å². The number of fused-ring (bicyclic) bond motifs is 1. The molecule has 0 bridgehead atoms. The zero-order chi connectivity index (χ0) is 24.4. The molecule has 3 heterocycles. The largest absolute Gasteiger partial charge is 0.497 e. The van der Waals surface area contributed by atoms with Gasteiger partial charge in [0, 0.05) is 50.9 Å². The number of anilines is 1. The number of nitrogens with zero attached hydrogens (tertiary/aromatic N) is 4. The molecule has 2 fully saturated rings. The molecule has 0 aliphatic carbocycles. The third-order valence-electron chi connectivity index (χ3n) is 6.69. The Labute approximate surface area is 203 Å². The second-order valence-electron chi connectivity index (χ2n) is 9.00. The normalized spacial score (nSPS) is 20.3. The summed E-state index contributed by atoms with van der Waals surface area (Å²) in [6.45, 7) is 4.78. The molecular formula is C26H29FN4O4. The van der Waals surface area contributed by atoms with E-state index in [1.807, 2.05) is 24.3 Å². The lowest BCUT2D eigenvalue weighted by Crippen LogP contribution is -2.49. The van der Waals surface area contributed by atoms with Crippen LogP contribution in [0.25, 0.3) is 10.9 Å². The van der Waals surface area contributed by atoms with Crippen molar-refractivity contribution in [2.24, 2.45) is 0 Å². The molecule has 35 heavy (non-hydrogen) atoms. The smallest absolute Gasteiger partial charge is 0.414 e. The standard InChI is InChI=1S/C26H29FN4O4/c1-34-20-5-6-24-23(14-20)22(7-8-28-24)25(32)17-30-11-9-29(10-12-30)15-21-16-31(26(33)35-21)19-4-2-3-18(27)13-19/h2-8,13-14,21,25,32H,9-12,15-17H2,1H3. The number of aliphatic hydroxyl groups is 1. The predicted octanol–water partition coefficient (Wildman–Crippen LogP) is 3.06. The summed E-state index contributed by atoms with van der Waals surface area (Å²) < 4.78 is 24.4. The maximum atomic E-state index is 13.5. The first kappa shape index (κ1) is 23.5. The molecule has 5 rings (SSSR count). The van der Waals surface area contributed by atoms with Gasteiger partial charge in [-0.3, -0.25) is 19.7 Å². The number of ether oxygens (including phenoxy) is 2. The molecule has 2 atom stereocenters. The molecule has 2 unspecified atom stereocenters. The second-order valence-corrected chi connectivity index (χ2v) is 9.00. The van der Waals surface area contributed by atoms with Crippen LogP contribution in [-0.2, 0) is 4.74 Å². The summed E-state index contributed by atoms with van der Waals surface area (Å²) in [5.74, 6) is 0.354. The van der Waals surface area contributed by atoms with Gasteiger partial charge in [0.15, 0.2) is 0 Å². The van der Waals surface area contributed by atoms with Crippen LogP contribution in [0.2, 0.25) is 0 Å². The van der Waals surface area contributed by atoms with Gasteiger partial charge >= 0.3 is 6.09 Å². The molecule has 9 heteroatoms. The van der Waals surface area contributed by atoms with E-state index in [0.717, 1.165) is 48.4 Å². The number of aromatic nitrogens is 1. The van der Waals surface area contributed by atoms with Crippen molar-refractivity contribution in [2.45, 2.75) is 12.2 Å². The lowest BCUT2D eigenvalue weighted by atomic mass is 10.0. The van der Waals surface area contributed by atoms with Gasteiger partial charge in [-0.25, -0.2) is 9.18 Å². The van der Waals surface area contributed by atoms with Crippen molar-refractivity contribution in [2.75, 3.05) is 57.8 Å². The van der Waals surface area contributed by atoms with E-state index < -0.39 is 12.2 Å². The molecule has 184 valence electrons. The number of cyclic esters (lactones) is 1. The number of amides is 1. The molecule has 2 aliphatic rings. The molecular weight excluding hydrogens is 451 g/mol. The lowest BCUT2D eigenvalue weighted by molar-refractivity contribution is 0.0525. The third-order valence-corrected chi connectivity index (χ3v) is 6.69. The molecule has 8 nitrogen and oxygen atoms in total. The van der Waals surface area contributed by atoms with Crippen molar-refractivity contribution in [3.8, 4) is 5.75 Å². The van der Waals surface area contributed by atoms with E-state index in [0.29, 0.717) is 25.3 Å². The maximum Gasteiger partial charge on any atom is 0.414 e. The van der Waals surface area contributed by atoms with Gasteiger partial charge in [-0.05, 0) is 48.0 Å². The Kier molecular flexibility index (Phi) is 6.81. The number of piperazine rings is 1. The fourth-order valence-electron chi connectivity index (χ4n) is 4.82. The topological polar surface area (TPSA) is 78.4 Å². The number of rotatable bonds is 7. The van der Waals surface area contributed by atoms with Gasteiger partial charge < -0.3 is 14.6 Å². The van der Waals surface area contributed by atoms with E-state index in [4.69, 9.17) is 9.47 Å². The van der Waals surface area contributed by atoms with Crippen molar-refractivity contribution in [3.05, 3.63) is 66.1 Å². The molecule has 0 saturated carbocycles. The van der Waals surface area contributed by atoms with Crippen molar-refractivity contribution in [1.82, 2.24) is 14.8 Å². The molecule has 1 aromatic heterocycles. The number of hydrogen-bond donors (Lipinski definition) is 1. The number of hydrogen-bond acceptors (Lipinski definition) is 7. The lowest BCUT2D eigenvalue weighted by Gasteiger charge is -2.36. The highest BCUT2D eigenvalue weighted by atomic mass is 19.1. The molecule has 3 aromatic rings. The number of methoxy groups -OCH3 is 1. The van der Waals surface area contributed by atoms with E-state index in [2.05, 4.69) is 14.8 Å². The Balaban J connectivity index is 1.14. The first-order valence-electron chi connectivity index (χ1n) is 11.8. The number of aliphatic hydroxyl groups excluding tert-OH is 1. The van der Waals surface area contributed by atoms with E-state index >= 15 is 0 Å². The number of pyridine rings is 1.